The van der Waals surface area contributed by atoms with Crippen LogP contribution >= 0.6 is 11.6 Å². The van der Waals surface area contributed by atoms with Crippen molar-refractivity contribution in [3.05, 3.63) is 59.1 Å². The van der Waals surface area contributed by atoms with E-state index < -0.39 is 12.1 Å². The molecule has 0 fully saturated rings. The number of hydrogen-bond donors (Lipinski definition) is 0. The highest BCUT2D eigenvalue weighted by atomic mass is 35.5. The number of ether oxygens (including phenoxy) is 2. The Kier molecular flexibility index (Phi) is 6.00. The second-order valence-electron chi connectivity index (χ2n) is 5.88. The summed E-state index contributed by atoms with van der Waals surface area (Å²) in [5, 5.41) is 12.5. The van der Waals surface area contributed by atoms with Crippen LogP contribution in [0.15, 0.2) is 48.5 Å². The molecule has 0 aliphatic heterocycles. The van der Waals surface area contributed by atoms with Crippen LogP contribution in [0, 0.1) is 0 Å². The van der Waals surface area contributed by atoms with Gasteiger partial charge in [-0.05, 0) is 60.7 Å². The Morgan fingerprint density at radius 2 is 1.79 bits per heavy atom. The first kappa shape index (κ1) is 19.5. The molecule has 0 unspecified atom stereocenters. The average molecular weight is 401 g/mol. The number of esters is 1. The van der Waals surface area contributed by atoms with Crippen molar-refractivity contribution in [1.29, 1.82) is 0 Å². The Morgan fingerprint density at radius 3 is 2.43 bits per heavy atom. The third kappa shape index (κ3) is 4.72. The van der Waals surface area contributed by atoms with E-state index in [1.54, 1.807) is 48.5 Å². The molecule has 8 nitrogen and oxygen atoms in total. The van der Waals surface area contributed by atoms with Gasteiger partial charge in [-0.15, -0.1) is 10.2 Å². The molecule has 1 aromatic heterocycles. The maximum atomic E-state index is 12.4. The lowest BCUT2D eigenvalue weighted by atomic mass is 10.1. The fourth-order valence-electron chi connectivity index (χ4n) is 2.42. The normalized spacial score (nSPS) is 11.7. The molecule has 2 aromatic carbocycles. The molecule has 1 heterocycles. The van der Waals surface area contributed by atoms with Crippen LogP contribution in [0.4, 0.5) is 0 Å². The molecule has 28 heavy (non-hydrogen) atoms. The Morgan fingerprint density at radius 1 is 1.11 bits per heavy atom. The van der Waals surface area contributed by atoms with Crippen LogP contribution in [0.2, 0.25) is 5.02 Å². The Bertz CT molecular complexity index is 970. The first-order valence-electron chi connectivity index (χ1n) is 8.38. The lowest BCUT2D eigenvalue weighted by Crippen LogP contribution is -2.27. The zero-order valence-electron chi connectivity index (χ0n) is 15.2. The van der Waals surface area contributed by atoms with Crippen LogP contribution in [0.25, 0.3) is 11.4 Å². The number of ketones is 1. The molecule has 3 rings (SSSR count). The fraction of sp³-hybridized carbons (Fsp3) is 0.211. The van der Waals surface area contributed by atoms with Crippen molar-refractivity contribution < 1.29 is 19.1 Å². The van der Waals surface area contributed by atoms with Gasteiger partial charge in [0.1, 0.15) is 5.75 Å². The van der Waals surface area contributed by atoms with Crippen LogP contribution in [0.3, 0.4) is 0 Å². The minimum atomic E-state index is -0.944. The molecule has 0 radical (unpaired) electrons. The van der Waals surface area contributed by atoms with Gasteiger partial charge in [-0.25, -0.2) is 4.79 Å². The largest absolute Gasteiger partial charge is 0.497 e. The standard InChI is InChI=1S/C19H17ClN4O4/c1-12(18(26)13-5-9-16(27-2)10-6-13)28-17(25)11-24-22-19(21-23-24)14-3-7-15(20)8-4-14/h3-10,12H,11H2,1-2H3/t12-/m0/s1. The summed E-state index contributed by atoms with van der Waals surface area (Å²) in [5.74, 6) is 0.0283. The zero-order valence-corrected chi connectivity index (χ0v) is 16.0. The van der Waals surface area contributed by atoms with Gasteiger partial charge in [0.15, 0.2) is 12.6 Å². The van der Waals surface area contributed by atoms with Gasteiger partial charge in [-0.1, -0.05) is 11.6 Å². The smallest absolute Gasteiger partial charge is 0.330 e. The number of aromatic nitrogens is 4. The number of Topliss-reactive ketones (excluding diaryl/α,β-unsaturated/α-hetero) is 1. The average Bonchev–Trinajstić information content (AvgIpc) is 3.16. The van der Waals surface area contributed by atoms with Crippen molar-refractivity contribution in [3.63, 3.8) is 0 Å². The molecule has 0 aliphatic carbocycles. The number of hydrogen-bond acceptors (Lipinski definition) is 7. The van der Waals surface area contributed by atoms with Crippen LogP contribution in [-0.4, -0.2) is 45.2 Å². The molecular formula is C19H17ClN4O4. The minimum absolute atomic E-state index is 0.263. The summed E-state index contributed by atoms with van der Waals surface area (Å²) >= 11 is 5.85. The highest BCUT2D eigenvalue weighted by Gasteiger charge is 2.20. The zero-order chi connectivity index (χ0) is 20.1. The van der Waals surface area contributed by atoms with Gasteiger partial charge in [0, 0.05) is 16.1 Å². The molecule has 0 N–H and O–H groups in total. The summed E-state index contributed by atoms with van der Waals surface area (Å²) in [6.45, 7) is 1.25. The second-order valence-corrected chi connectivity index (χ2v) is 6.31. The van der Waals surface area contributed by atoms with Gasteiger partial charge >= 0.3 is 5.97 Å². The van der Waals surface area contributed by atoms with E-state index in [4.69, 9.17) is 21.1 Å². The summed E-state index contributed by atoms with van der Waals surface area (Å²) in [6.07, 6.45) is -0.944. The predicted molar refractivity (Wildman–Crippen MR) is 101 cm³/mol. The summed E-state index contributed by atoms with van der Waals surface area (Å²) in [4.78, 5) is 25.6. The number of methoxy groups -OCH3 is 1. The van der Waals surface area contributed by atoms with E-state index in [2.05, 4.69) is 15.4 Å². The number of carbonyl (C=O) groups excluding carboxylic acids is 2. The van der Waals surface area contributed by atoms with E-state index >= 15 is 0 Å². The van der Waals surface area contributed by atoms with E-state index in [9.17, 15) is 9.59 Å². The monoisotopic (exact) mass is 400 g/mol. The van der Waals surface area contributed by atoms with Gasteiger partial charge in [0.2, 0.25) is 11.6 Å². The van der Waals surface area contributed by atoms with Gasteiger partial charge in [0.05, 0.1) is 7.11 Å². The Labute approximate surface area is 166 Å². The van der Waals surface area contributed by atoms with Crippen molar-refractivity contribution in [3.8, 4) is 17.1 Å². The number of halogens is 1. The van der Waals surface area contributed by atoms with E-state index in [-0.39, 0.29) is 12.3 Å². The van der Waals surface area contributed by atoms with Crippen LogP contribution in [0.5, 0.6) is 5.75 Å². The van der Waals surface area contributed by atoms with E-state index in [0.29, 0.717) is 27.7 Å². The third-order valence-electron chi connectivity index (χ3n) is 3.88. The number of nitrogens with zero attached hydrogens (tertiary/aromatic N) is 4. The molecule has 1 atom stereocenters. The molecule has 0 amide bonds. The molecule has 0 spiro atoms. The van der Waals surface area contributed by atoms with Crippen molar-refractivity contribution >= 4 is 23.4 Å². The summed E-state index contributed by atoms with van der Waals surface area (Å²) in [5.41, 5.74) is 1.14. The van der Waals surface area contributed by atoms with Gasteiger partial charge < -0.3 is 9.47 Å². The van der Waals surface area contributed by atoms with Crippen LogP contribution < -0.4 is 4.74 Å². The molecule has 144 valence electrons. The SMILES string of the molecule is COc1ccc(C(=O)[C@H](C)OC(=O)Cn2nnc(-c3ccc(Cl)cc3)n2)cc1. The molecule has 0 saturated carbocycles. The summed E-state index contributed by atoms with van der Waals surface area (Å²) < 4.78 is 10.2. The first-order chi connectivity index (χ1) is 13.5. The predicted octanol–water partition coefficient (Wildman–Crippen LogP) is 2.82. The van der Waals surface area contributed by atoms with Gasteiger partial charge in [-0.2, -0.15) is 4.80 Å². The summed E-state index contributed by atoms with van der Waals surface area (Å²) in [7, 11) is 1.54. The van der Waals surface area contributed by atoms with Crippen LogP contribution in [0.1, 0.15) is 17.3 Å². The quantitative estimate of drug-likeness (QED) is 0.444. The Hall–Kier alpha value is -3.26. The minimum Gasteiger partial charge on any atom is -0.497 e. The molecule has 0 aliphatic rings. The van der Waals surface area contributed by atoms with E-state index in [1.165, 1.54) is 14.0 Å². The topological polar surface area (TPSA) is 96.2 Å². The number of tetrazole rings is 1. The first-order valence-corrected chi connectivity index (χ1v) is 8.75. The number of benzene rings is 2. The molecular weight excluding hydrogens is 384 g/mol. The highest BCUT2D eigenvalue weighted by Crippen LogP contribution is 2.17. The number of carbonyl (C=O) groups is 2. The maximum Gasteiger partial charge on any atom is 0.330 e. The lowest BCUT2D eigenvalue weighted by Gasteiger charge is -2.12. The van der Waals surface area contributed by atoms with Gasteiger partial charge in [-0.3, -0.25) is 4.79 Å². The van der Waals surface area contributed by atoms with Gasteiger partial charge in [0.25, 0.3) is 0 Å². The van der Waals surface area contributed by atoms with E-state index in [0.717, 1.165) is 4.80 Å². The molecule has 3 aromatic rings. The molecule has 0 bridgehead atoms. The van der Waals surface area contributed by atoms with Crippen molar-refractivity contribution in [2.75, 3.05) is 7.11 Å². The molecule has 0 saturated heterocycles. The van der Waals surface area contributed by atoms with E-state index in [1.807, 2.05) is 0 Å². The van der Waals surface area contributed by atoms with Crippen molar-refractivity contribution in [2.24, 2.45) is 0 Å². The second kappa shape index (κ2) is 8.62. The number of rotatable bonds is 7. The fourth-order valence-corrected chi connectivity index (χ4v) is 2.54. The molecule has 9 heteroatoms. The third-order valence-corrected chi connectivity index (χ3v) is 4.13. The van der Waals surface area contributed by atoms with Crippen LogP contribution in [-0.2, 0) is 16.1 Å². The highest BCUT2D eigenvalue weighted by molar-refractivity contribution is 6.30. The van der Waals surface area contributed by atoms with Crippen molar-refractivity contribution in [2.45, 2.75) is 19.6 Å². The van der Waals surface area contributed by atoms with Crippen molar-refractivity contribution in [1.82, 2.24) is 20.2 Å². The lowest BCUT2D eigenvalue weighted by molar-refractivity contribution is -0.147. The Balaban J connectivity index is 1.58. The maximum absolute atomic E-state index is 12.4. The summed E-state index contributed by atoms with van der Waals surface area (Å²) in [6, 6.07) is 13.5.